The lowest BCUT2D eigenvalue weighted by molar-refractivity contribution is -0.112. The number of piperazine rings is 1. The number of amides is 2. The molecule has 2 aromatic carbocycles. The number of hydrogen-bond acceptors (Lipinski definition) is 5. The van der Waals surface area contributed by atoms with Crippen LogP contribution < -0.4 is 4.90 Å². The molecule has 3 aromatic rings. The van der Waals surface area contributed by atoms with E-state index in [4.69, 9.17) is 0 Å². The second-order valence-electron chi connectivity index (χ2n) is 10.1. The zero-order chi connectivity index (χ0) is 27.2. The number of sulfone groups is 1. The molecule has 0 bridgehead atoms. The van der Waals surface area contributed by atoms with E-state index in [0.29, 0.717) is 46.7 Å². The van der Waals surface area contributed by atoms with Gasteiger partial charge in [-0.25, -0.2) is 8.42 Å². The third-order valence-electron chi connectivity index (χ3n) is 7.48. The molecule has 0 unspecified atom stereocenters. The fourth-order valence-electron chi connectivity index (χ4n) is 5.19. The summed E-state index contributed by atoms with van der Waals surface area (Å²) in [6.45, 7) is 6.75. The molecule has 0 aliphatic carbocycles. The lowest BCUT2D eigenvalue weighted by Crippen LogP contribution is -2.47. The molecule has 1 N–H and O–H groups in total. The van der Waals surface area contributed by atoms with Crippen molar-refractivity contribution < 1.29 is 18.0 Å². The van der Waals surface area contributed by atoms with Crippen LogP contribution in [0, 0.1) is 13.8 Å². The molecule has 9 heteroatoms. The summed E-state index contributed by atoms with van der Waals surface area (Å²) < 4.78 is 26.4. The van der Waals surface area contributed by atoms with Gasteiger partial charge in [0.25, 0.3) is 11.8 Å². The highest BCUT2D eigenvalue weighted by Crippen LogP contribution is 2.39. The number of fused-ring (bicyclic) bond motifs is 1. The smallest absolute Gasteiger partial charge is 0.258 e. The minimum Gasteiger partial charge on any atom is -0.358 e. The highest BCUT2D eigenvalue weighted by molar-refractivity contribution is 7.90. The molecule has 38 heavy (non-hydrogen) atoms. The van der Waals surface area contributed by atoms with Crippen molar-refractivity contribution >= 4 is 39.0 Å². The first kappa shape index (κ1) is 25.9. The van der Waals surface area contributed by atoms with Crippen molar-refractivity contribution in [3.05, 3.63) is 82.2 Å². The van der Waals surface area contributed by atoms with Gasteiger partial charge in [0.2, 0.25) is 0 Å². The molecule has 0 atom stereocenters. The summed E-state index contributed by atoms with van der Waals surface area (Å²) in [5.41, 5.74) is 5.11. The zero-order valence-corrected chi connectivity index (χ0v) is 22.9. The molecule has 1 saturated heterocycles. The number of nitrogens with one attached hydrogen (secondary N) is 1. The van der Waals surface area contributed by atoms with Crippen LogP contribution >= 0.6 is 0 Å². The van der Waals surface area contributed by atoms with Crippen molar-refractivity contribution in [3.8, 4) is 0 Å². The number of aryl methyl sites for hydroxylation is 1. The van der Waals surface area contributed by atoms with Gasteiger partial charge in [-0.05, 0) is 56.3 Å². The first-order valence-corrected chi connectivity index (χ1v) is 14.3. The number of nitrogens with zero attached hydrogens (tertiary/aromatic N) is 3. The summed E-state index contributed by atoms with van der Waals surface area (Å²) in [6.07, 6.45) is 1.74. The highest BCUT2D eigenvalue weighted by atomic mass is 32.2. The summed E-state index contributed by atoms with van der Waals surface area (Å²) in [4.78, 5) is 35.6. The maximum atomic E-state index is 13.3. The van der Waals surface area contributed by atoms with Gasteiger partial charge in [0.15, 0.2) is 9.84 Å². The number of likely N-dealkylation sites (N-methyl/N-ethyl adjacent to an activating group) is 2. The molecule has 2 aliphatic heterocycles. The summed E-state index contributed by atoms with van der Waals surface area (Å²) in [6, 6.07) is 13.9. The van der Waals surface area contributed by atoms with Crippen molar-refractivity contribution in [2.45, 2.75) is 24.5 Å². The lowest BCUT2D eigenvalue weighted by atomic mass is 10.0. The maximum Gasteiger partial charge on any atom is 0.258 e. The molecule has 5 rings (SSSR count). The van der Waals surface area contributed by atoms with E-state index >= 15 is 0 Å². The normalized spacial score (nSPS) is 17.4. The number of anilines is 1. The lowest BCUT2D eigenvalue weighted by Gasteiger charge is -2.32. The predicted octanol–water partition coefficient (Wildman–Crippen LogP) is 3.51. The molecule has 1 fully saturated rings. The first-order valence-electron chi connectivity index (χ1n) is 12.6. The van der Waals surface area contributed by atoms with Gasteiger partial charge in [-0.2, -0.15) is 0 Å². The monoisotopic (exact) mass is 532 g/mol. The molecule has 0 spiro atoms. The summed E-state index contributed by atoms with van der Waals surface area (Å²) in [5.74, 6) is -0.364. The van der Waals surface area contributed by atoms with Crippen LogP contribution in [-0.4, -0.2) is 75.3 Å². The molecule has 8 nitrogen and oxygen atoms in total. The molecule has 2 amide bonds. The highest BCUT2D eigenvalue weighted by Gasteiger charge is 2.32. The Bertz CT molecular complexity index is 1550. The standard InChI is InChI=1S/C29H32N4O4S/c1-19-25(30-20(2)27(19)29(35)33-14-12-31(3)13-15-33)17-24-23-16-22(10-11-26(23)32(4)28(24)34)38(36,37)18-21-8-6-5-7-9-21/h5-11,16-17,30H,12-15,18H2,1-4H3. The molecule has 0 radical (unpaired) electrons. The molecule has 0 saturated carbocycles. The van der Waals surface area contributed by atoms with Crippen molar-refractivity contribution in [2.24, 2.45) is 0 Å². The van der Waals surface area contributed by atoms with Gasteiger partial charge in [0.1, 0.15) is 0 Å². The van der Waals surface area contributed by atoms with Crippen LogP contribution in [0.5, 0.6) is 0 Å². The molecule has 2 aliphatic rings. The van der Waals surface area contributed by atoms with Gasteiger partial charge in [0.05, 0.1) is 27.5 Å². The number of carbonyl (C=O) groups is 2. The largest absolute Gasteiger partial charge is 0.358 e. The van der Waals surface area contributed by atoms with Gasteiger partial charge in [-0.1, -0.05) is 30.3 Å². The molecule has 1 aromatic heterocycles. The van der Waals surface area contributed by atoms with E-state index in [9.17, 15) is 18.0 Å². The minimum absolute atomic E-state index is 0.0152. The van der Waals surface area contributed by atoms with E-state index in [0.717, 1.165) is 24.3 Å². The SMILES string of the molecule is Cc1[nH]c(C=C2C(=O)N(C)c3ccc(S(=O)(=O)Cc4ccccc4)cc32)c(C)c1C(=O)N1CCN(C)CC1. The Morgan fingerprint density at radius 2 is 1.68 bits per heavy atom. The fraction of sp³-hybridized carbons (Fsp3) is 0.310. The molecule has 198 valence electrons. The van der Waals surface area contributed by atoms with Gasteiger partial charge >= 0.3 is 0 Å². The number of rotatable bonds is 5. The van der Waals surface area contributed by atoms with Crippen LogP contribution in [-0.2, 0) is 20.4 Å². The summed E-state index contributed by atoms with van der Waals surface area (Å²) in [7, 11) is 0.0992. The average molecular weight is 533 g/mol. The second kappa shape index (κ2) is 9.89. The zero-order valence-electron chi connectivity index (χ0n) is 22.1. The van der Waals surface area contributed by atoms with Crippen LogP contribution in [0.1, 0.15) is 38.4 Å². The maximum absolute atomic E-state index is 13.3. The van der Waals surface area contributed by atoms with Gasteiger partial charge < -0.3 is 19.7 Å². The second-order valence-corrected chi connectivity index (χ2v) is 12.1. The van der Waals surface area contributed by atoms with Crippen LogP contribution in [0.25, 0.3) is 11.6 Å². The van der Waals surface area contributed by atoms with E-state index in [1.54, 1.807) is 43.5 Å². The molecular weight excluding hydrogens is 500 g/mol. The van der Waals surface area contributed by atoms with E-state index in [2.05, 4.69) is 9.88 Å². The van der Waals surface area contributed by atoms with Gasteiger partial charge in [-0.3, -0.25) is 9.59 Å². The Labute approximate surface area is 223 Å². The third-order valence-corrected chi connectivity index (χ3v) is 9.17. The van der Waals surface area contributed by atoms with Crippen LogP contribution in [0.15, 0.2) is 53.4 Å². The van der Waals surface area contributed by atoms with Gasteiger partial charge in [-0.15, -0.1) is 0 Å². The van der Waals surface area contributed by atoms with Crippen LogP contribution in [0.4, 0.5) is 5.69 Å². The van der Waals surface area contributed by atoms with E-state index < -0.39 is 9.84 Å². The van der Waals surface area contributed by atoms with Gasteiger partial charge in [0, 0.05) is 50.2 Å². The summed E-state index contributed by atoms with van der Waals surface area (Å²) >= 11 is 0. The van der Waals surface area contributed by atoms with E-state index in [1.807, 2.05) is 44.0 Å². The third kappa shape index (κ3) is 4.68. The van der Waals surface area contributed by atoms with Crippen molar-refractivity contribution in [1.82, 2.24) is 14.8 Å². The molecular formula is C29H32N4O4S. The minimum atomic E-state index is -3.62. The quantitative estimate of drug-likeness (QED) is 0.508. The average Bonchev–Trinajstić information content (AvgIpc) is 3.31. The number of aromatic amines is 1. The number of benzene rings is 2. The first-order chi connectivity index (χ1) is 18.1. The van der Waals surface area contributed by atoms with Crippen LogP contribution in [0.3, 0.4) is 0 Å². The van der Waals surface area contributed by atoms with Crippen molar-refractivity contribution in [1.29, 1.82) is 0 Å². The number of H-pyrrole nitrogens is 1. The van der Waals surface area contributed by atoms with Crippen molar-refractivity contribution in [2.75, 3.05) is 45.2 Å². The molecule has 3 heterocycles. The summed E-state index contributed by atoms with van der Waals surface area (Å²) in [5, 5.41) is 0. The van der Waals surface area contributed by atoms with E-state index in [1.165, 1.54) is 4.90 Å². The number of carbonyl (C=O) groups excluding carboxylic acids is 2. The predicted molar refractivity (Wildman–Crippen MR) is 149 cm³/mol. The Morgan fingerprint density at radius 3 is 2.37 bits per heavy atom. The number of hydrogen-bond donors (Lipinski definition) is 1. The number of aromatic nitrogens is 1. The fourth-order valence-corrected chi connectivity index (χ4v) is 6.56. The van der Waals surface area contributed by atoms with Crippen LogP contribution in [0.2, 0.25) is 0 Å². The Hall–Kier alpha value is -3.69. The Morgan fingerprint density at radius 1 is 1.00 bits per heavy atom. The van der Waals surface area contributed by atoms with E-state index in [-0.39, 0.29) is 22.5 Å². The van der Waals surface area contributed by atoms with Crippen molar-refractivity contribution in [3.63, 3.8) is 0 Å². The Kier molecular flexibility index (Phi) is 6.75. The Balaban J connectivity index is 1.50. The topological polar surface area (TPSA) is 93.8 Å².